The third-order valence-electron chi connectivity index (χ3n) is 4.09. The molecule has 0 aliphatic heterocycles. The molecule has 0 atom stereocenters. The first-order chi connectivity index (χ1) is 13.8. The fourth-order valence-electron chi connectivity index (χ4n) is 2.55. The van der Waals surface area contributed by atoms with Crippen LogP contribution in [0.3, 0.4) is 0 Å². The van der Waals surface area contributed by atoms with Crippen LogP contribution in [0.4, 0.5) is 13.2 Å². The summed E-state index contributed by atoms with van der Waals surface area (Å²) in [6.45, 7) is 0.452. The van der Waals surface area contributed by atoms with E-state index in [-0.39, 0.29) is 12.5 Å². The van der Waals surface area contributed by atoms with E-state index in [1.54, 1.807) is 42.6 Å². The number of nitrogens with zero attached hydrogens (tertiary/aromatic N) is 1. The van der Waals surface area contributed by atoms with Gasteiger partial charge >= 0.3 is 6.18 Å². The molecule has 150 valence electrons. The van der Waals surface area contributed by atoms with Crippen LogP contribution < -0.4 is 15.8 Å². The Morgan fingerprint density at radius 1 is 1.03 bits per heavy atom. The number of hydrogen-bond acceptors (Lipinski definition) is 4. The van der Waals surface area contributed by atoms with Crippen LogP contribution in [0.2, 0.25) is 0 Å². The summed E-state index contributed by atoms with van der Waals surface area (Å²) in [5.41, 5.74) is 6.63. The molecule has 8 heteroatoms. The van der Waals surface area contributed by atoms with Gasteiger partial charge in [0, 0.05) is 30.9 Å². The number of amides is 1. The van der Waals surface area contributed by atoms with Crippen LogP contribution in [-0.2, 0) is 19.3 Å². The largest absolute Gasteiger partial charge is 0.439 e. The van der Waals surface area contributed by atoms with Crippen molar-refractivity contribution in [1.82, 2.24) is 10.3 Å². The number of alkyl halides is 3. The van der Waals surface area contributed by atoms with Crippen molar-refractivity contribution in [3.8, 4) is 11.6 Å². The molecule has 0 spiro atoms. The maximum atomic E-state index is 12.6. The van der Waals surface area contributed by atoms with E-state index in [9.17, 15) is 18.0 Å². The van der Waals surface area contributed by atoms with E-state index in [1.165, 1.54) is 12.1 Å². The van der Waals surface area contributed by atoms with Crippen molar-refractivity contribution in [3.05, 3.63) is 89.1 Å². The number of nitrogens with two attached hydrogens (primary N) is 1. The SMILES string of the molecule is NCc1ccnc(Oc2cccc(C(=O)NCc3ccc(C(F)(F)F)cc3)c2)c1. The smallest absolute Gasteiger partial charge is 0.416 e. The van der Waals surface area contributed by atoms with Crippen molar-refractivity contribution in [3.63, 3.8) is 0 Å². The van der Waals surface area contributed by atoms with Gasteiger partial charge in [-0.3, -0.25) is 4.79 Å². The van der Waals surface area contributed by atoms with Gasteiger partial charge in [-0.1, -0.05) is 18.2 Å². The highest BCUT2D eigenvalue weighted by Crippen LogP contribution is 2.29. The van der Waals surface area contributed by atoms with Crippen molar-refractivity contribution in [2.75, 3.05) is 0 Å². The average molecular weight is 401 g/mol. The zero-order valence-corrected chi connectivity index (χ0v) is 15.2. The Balaban J connectivity index is 1.63. The van der Waals surface area contributed by atoms with E-state index < -0.39 is 11.7 Å². The van der Waals surface area contributed by atoms with Gasteiger partial charge in [0.1, 0.15) is 5.75 Å². The number of aromatic nitrogens is 1. The monoisotopic (exact) mass is 401 g/mol. The number of ether oxygens (including phenoxy) is 1. The van der Waals surface area contributed by atoms with Crippen LogP contribution in [-0.4, -0.2) is 10.9 Å². The Bertz CT molecular complexity index is 989. The first-order valence-corrected chi connectivity index (χ1v) is 8.72. The summed E-state index contributed by atoms with van der Waals surface area (Å²) >= 11 is 0. The zero-order valence-electron chi connectivity index (χ0n) is 15.2. The fraction of sp³-hybridized carbons (Fsp3) is 0.143. The van der Waals surface area contributed by atoms with Crippen LogP contribution in [0.25, 0.3) is 0 Å². The molecule has 0 saturated heterocycles. The quantitative estimate of drug-likeness (QED) is 0.646. The molecule has 3 N–H and O–H groups in total. The van der Waals surface area contributed by atoms with Crippen LogP contribution in [0.1, 0.15) is 27.0 Å². The summed E-state index contributed by atoms with van der Waals surface area (Å²) in [4.78, 5) is 16.5. The summed E-state index contributed by atoms with van der Waals surface area (Å²) < 4.78 is 43.5. The lowest BCUT2D eigenvalue weighted by molar-refractivity contribution is -0.137. The van der Waals surface area contributed by atoms with Gasteiger partial charge in [-0.05, 0) is 47.5 Å². The molecule has 0 aliphatic rings. The van der Waals surface area contributed by atoms with E-state index in [1.807, 2.05) is 0 Å². The maximum absolute atomic E-state index is 12.6. The van der Waals surface area contributed by atoms with Gasteiger partial charge in [0.25, 0.3) is 5.91 Å². The maximum Gasteiger partial charge on any atom is 0.416 e. The average Bonchev–Trinajstić information content (AvgIpc) is 2.72. The van der Waals surface area contributed by atoms with Crippen LogP contribution in [0.15, 0.2) is 66.9 Å². The Kier molecular flexibility index (Phi) is 6.13. The molecular weight excluding hydrogens is 383 g/mol. The second-order valence-electron chi connectivity index (χ2n) is 6.21. The van der Waals surface area contributed by atoms with Crippen molar-refractivity contribution in [2.24, 2.45) is 5.73 Å². The fourth-order valence-corrected chi connectivity index (χ4v) is 2.55. The summed E-state index contributed by atoms with van der Waals surface area (Å²) in [5, 5.41) is 2.67. The van der Waals surface area contributed by atoms with Crippen molar-refractivity contribution < 1.29 is 22.7 Å². The molecule has 0 aliphatic carbocycles. The summed E-state index contributed by atoms with van der Waals surface area (Å²) in [7, 11) is 0. The highest BCUT2D eigenvalue weighted by atomic mass is 19.4. The molecule has 1 aromatic heterocycles. The molecule has 3 rings (SSSR count). The first kappa shape index (κ1) is 20.3. The second-order valence-corrected chi connectivity index (χ2v) is 6.21. The minimum Gasteiger partial charge on any atom is -0.439 e. The van der Waals surface area contributed by atoms with Crippen LogP contribution in [0.5, 0.6) is 11.6 Å². The predicted octanol–water partition coefficient (Wildman–Crippen LogP) is 4.28. The Hall–Kier alpha value is -3.39. The number of hydrogen-bond donors (Lipinski definition) is 2. The van der Waals surface area contributed by atoms with Gasteiger partial charge in [-0.2, -0.15) is 13.2 Å². The molecule has 0 saturated carbocycles. The van der Waals surface area contributed by atoms with E-state index in [0.717, 1.165) is 17.7 Å². The molecule has 3 aromatic rings. The number of rotatable bonds is 6. The van der Waals surface area contributed by atoms with Gasteiger partial charge in [-0.25, -0.2) is 4.98 Å². The van der Waals surface area contributed by atoms with E-state index in [2.05, 4.69) is 10.3 Å². The lowest BCUT2D eigenvalue weighted by Gasteiger charge is -2.10. The van der Waals surface area contributed by atoms with E-state index in [4.69, 9.17) is 10.5 Å². The third kappa shape index (κ3) is 5.55. The number of halogens is 3. The standard InChI is InChI=1S/C21H18F3N3O2/c22-21(23,24)17-6-4-14(5-7-17)13-27-20(28)16-2-1-3-18(11-16)29-19-10-15(12-25)8-9-26-19/h1-11H,12-13,25H2,(H,27,28). The Morgan fingerprint density at radius 3 is 2.48 bits per heavy atom. The van der Waals surface area contributed by atoms with Gasteiger partial charge < -0.3 is 15.8 Å². The molecule has 1 amide bonds. The number of carbonyl (C=O) groups excluding carboxylic acids is 1. The normalized spacial score (nSPS) is 11.2. The summed E-state index contributed by atoms with van der Waals surface area (Å²) in [6.07, 6.45) is -2.81. The number of nitrogens with one attached hydrogen (secondary N) is 1. The molecule has 1 heterocycles. The highest BCUT2D eigenvalue weighted by Gasteiger charge is 2.29. The highest BCUT2D eigenvalue weighted by molar-refractivity contribution is 5.94. The first-order valence-electron chi connectivity index (χ1n) is 8.72. The molecule has 5 nitrogen and oxygen atoms in total. The van der Waals surface area contributed by atoms with Crippen LogP contribution in [0, 0.1) is 0 Å². The molecule has 0 radical (unpaired) electrons. The van der Waals surface area contributed by atoms with Crippen LogP contribution >= 0.6 is 0 Å². The topological polar surface area (TPSA) is 77.2 Å². The molecule has 0 fully saturated rings. The molecule has 2 aromatic carbocycles. The van der Waals surface area contributed by atoms with Crippen molar-refractivity contribution in [2.45, 2.75) is 19.3 Å². The molecule has 0 unspecified atom stereocenters. The van der Waals surface area contributed by atoms with Gasteiger partial charge in [0.05, 0.1) is 5.56 Å². The zero-order chi connectivity index (χ0) is 20.9. The number of pyridine rings is 1. The minimum atomic E-state index is -4.39. The van der Waals surface area contributed by atoms with Gasteiger partial charge in [0.15, 0.2) is 0 Å². The Morgan fingerprint density at radius 2 is 1.79 bits per heavy atom. The molecule has 0 bridgehead atoms. The van der Waals surface area contributed by atoms with Gasteiger partial charge in [0.2, 0.25) is 5.88 Å². The van der Waals surface area contributed by atoms with Crippen molar-refractivity contribution in [1.29, 1.82) is 0 Å². The van der Waals surface area contributed by atoms with Gasteiger partial charge in [-0.15, -0.1) is 0 Å². The van der Waals surface area contributed by atoms with E-state index >= 15 is 0 Å². The lowest BCUT2D eigenvalue weighted by atomic mass is 10.1. The predicted molar refractivity (Wildman–Crippen MR) is 101 cm³/mol. The van der Waals surface area contributed by atoms with E-state index in [0.29, 0.717) is 29.3 Å². The van der Waals surface area contributed by atoms with Crippen molar-refractivity contribution >= 4 is 5.91 Å². The minimum absolute atomic E-state index is 0.0994. The number of benzene rings is 2. The number of carbonyl (C=O) groups is 1. The Labute approximate surface area is 165 Å². The molecular formula is C21H18F3N3O2. The second kappa shape index (κ2) is 8.74. The third-order valence-corrected chi connectivity index (χ3v) is 4.09. The summed E-state index contributed by atoms with van der Waals surface area (Å²) in [5.74, 6) is 0.406. The molecule has 29 heavy (non-hydrogen) atoms. The summed E-state index contributed by atoms with van der Waals surface area (Å²) in [6, 6.07) is 14.6. The lowest BCUT2D eigenvalue weighted by Crippen LogP contribution is -2.22.